The maximum absolute atomic E-state index is 11.1. The van der Waals surface area contributed by atoms with Gasteiger partial charge in [0.25, 0.3) is 0 Å². The van der Waals surface area contributed by atoms with E-state index >= 15 is 0 Å². The minimum atomic E-state index is -0.0648. The van der Waals surface area contributed by atoms with Crippen molar-refractivity contribution in [3.63, 3.8) is 0 Å². The number of aliphatic hydroxyl groups excluding tert-OH is 1. The van der Waals surface area contributed by atoms with Crippen LogP contribution >= 0.6 is 0 Å². The van der Waals surface area contributed by atoms with Crippen LogP contribution in [0.5, 0.6) is 0 Å². The molecule has 0 aromatic carbocycles. The van der Waals surface area contributed by atoms with Gasteiger partial charge in [0, 0.05) is 13.2 Å². The van der Waals surface area contributed by atoms with E-state index < -0.39 is 0 Å². The molecule has 0 heterocycles. The molecule has 0 saturated carbocycles. The number of rotatable bonds is 7. The molecule has 4 heteroatoms. The second-order valence-corrected chi connectivity index (χ2v) is 3.23. The molecule has 1 amide bonds. The molecule has 0 spiro atoms. The summed E-state index contributed by atoms with van der Waals surface area (Å²) in [7, 11) is 0. The van der Waals surface area contributed by atoms with Gasteiger partial charge in [0.05, 0.1) is 13.1 Å². The van der Waals surface area contributed by atoms with Crippen LogP contribution in [0.3, 0.4) is 0 Å². The molecule has 0 rings (SSSR count). The van der Waals surface area contributed by atoms with Crippen molar-refractivity contribution in [2.75, 3.05) is 26.2 Å². The first kappa shape index (κ1) is 12.9. The van der Waals surface area contributed by atoms with Crippen molar-refractivity contribution in [2.45, 2.75) is 13.3 Å². The number of carbonyl (C=O) groups is 1. The molecule has 0 aliphatic heterocycles. The Bertz CT molecular complexity index is 199. The lowest BCUT2D eigenvalue weighted by Crippen LogP contribution is -2.36. The molecule has 1 atom stereocenters. The standard InChI is InChI=1S/C10H18N2O2/c1-3-5-11-8-10(14)12-7-9(2)4-6-13/h1,9,11,13H,4-8H2,2H3,(H,12,14). The lowest BCUT2D eigenvalue weighted by molar-refractivity contribution is -0.120. The predicted octanol–water partition coefficient (Wildman–Crippen LogP) is -0.656. The molecule has 0 aliphatic carbocycles. The van der Waals surface area contributed by atoms with Gasteiger partial charge in [0.15, 0.2) is 0 Å². The monoisotopic (exact) mass is 198 g/mol. The average Bonchev–Trinajstić information content (AvgIpc) is 2.16. The molecule has 3 N–H and O–H groups in total. The Kier molecular flexibility index (Phi) is 7.90. The highest BCUT2D eigenvalue weighted by Crippen LogP contribution is 1.97. The smallest absolute Gasteiger partial charge is 0.233 e. The summed E-state index contributed by atoms with van der Waals surface area (Å²) in [6.45, 7) is 3.38. The van der Waals surface area contributed by atoms with Gasteiger partial charge in [0.1, 0.15) is 0 Å². The largest absolute Gasteiger partial charge is 0.396 e. The Hall–Kier alpha value is -1.05. The summed E-state index contributed by atoms with van der Waals surface area (Å²) in [6.07, 6.45) is 5.71. The molecule has 80 valence electrons. The summed E-state index contributed by atoms with van der Waals surface area (Å²) in [5.74, 6) is 2.62. The summed E-state index contributed by atoms with van der Waals surface area (Å²) in [4.78, 5) is 11.1. The van der Waals surface area contributed by atoms with Gasteiger partial charge >= 0.3 is 0 Å². The van der Waals surface area contributed by atoms with Gasteiger partial charge in [-0.15, -0.1) is 6.42 Å². The maximum atomic E-state index is 11.1. The van der Waals surface area contributed by atoms with Gasteiger partial charge in [-0.25, -0.2) is 0 Å². The molecule has 0 bridgehead atoms. The fourth-order valence-corrected chi connectivity index (χ4v) is 0.921. The van der Waals surface area contributed by atoms with E-state index in [1.165, 1.54) is 0 Å². The van der Waals surface area contributed by atoms with Crippen molar-refractivity contribution in [3.8, 4) is 12.3 Å². The zero-order chi connectivity index (χ0) is 10.8. The van der Waals surface area contributed by atoms with Gasteiger partial charge in [-0.1, -0.05) is 12.8 Å². The van der Waals surface area contributed by atoms with Gasteiger partial charge < -0.3 is 10.4 Å². The Morgan fingerprint density at radius 1 is 1.64 bits per heavy atom. The molecule has 0 aliphatic rings. The van der Waals surface area contributed by atoms with E-state index in [4.69, 9.17) is 11.5 Å². The number of hydrogen-bond donors (Lipinski definition) is 3. The molecule has 4 nitrogen and oxygen atoms in total. The number of hydrogen-bond acceptors (Lipinski definition) is 3. The van der Waals surface area contributed by atoms with Crippen molar-refractivity contribution >= 4 is 5.91 Å². The van der Waals surface area contributed by atoms with E-state index in [-0.39, 0.29) is 19.1 Å². The minimum Gasteiger partial charge on any atom is -0.396 e. The topological polar surface area (TPSA) is 61.4 Å². The van der Waals surface area contributed by atoms with Crippen molar-refractivity contribution in [3.05, 3.63) is 0 Å². The predicted molar refractivity (Wildman–Crippen MR) is 55.6 cm³/mol. The van der Waals surface area contributed by atoms with E-state index in [1.807, 2.05) is 6.92 Å². The van der Waals surface area contributed by atoms with Gasteiger partial charge in [-0.3, -0.25) is 10.1 Å². The van der Waals surface area contributed by atoms with Crippen LogP contribution in [0.1, 0.15) is 13.3 Å². The number of nitrogens with one attached hydrogen (secondary N) is 2. The molecular formula is C10H18N2O2. The Balaban J connectivity index is 3.39. The maximum Gasteiger partial charge on any atom is 0.233 e. The van der Waals surface area contributed by atoms with Crippen molar-refractivity contribution in [1.29, 1.82) is 0 Å². The van der Waals surface area contributed by atoms with Crippen LogP contribution in [-0.4, -0.2) is 37.3 Å². The lowest BCUT2D eigenvalue weighted by Gasteiger charge is -2.10. The molecule has 0 aromatic rings. The van der Waals surface area contributed by atoms with Crippen LogP contribution in [0.2, 0.25) is 0 Å². The number of carbonyl (C=O) groups excluding carboxylic acids is 1. The zero-order valence-electron chi connectivity index (χ0n) is 8.55. The first-order valence-electron chi connectivity index (χ1n) is 4.72. The quantitative estimate of drug-likeness (QED) is 0.376. The fraction of sp³-hybridized carbons (Fsp3) is 0.700. The Labute approximate surface area is 85.1 Å². The number of amides is 1. The number of terminal acetylenes is 1. The first-order chi connectivity index (χ1) is 6.70. The second-order valence-electron chi connectivity index (χ2n) is 3.23. The van der Waals surface area contributed by atoms with Crippen molar-refractivity contribution in [2.24, 2.45) is 5.92 Å². The van der Waals surface area contributed by atoms with Crippen molar-refractivity contribution < 1.29 is 9.90 Å². The van der Waals surface area contributed by atoms with E-state index in [9.17, 15) is 4.79 Å². The van der Waals surface area contributed by atoms with Crippen LogP contribution in [0.4, 0.5) is 0 Å². The molecule has 14 heavy (non-hydrogen) atoms. The summed E-state index contributed by atoms with van der Waals surface area (Å²) >= 11 is 0. The third kappa shape index (κ3) is 7.59. The normalized spacial score (nSPS) is 11.8. The summed E-state index contributed by atoms with van der Waals surface area (Å²) in [5, 5.41) is 14.2. The van der Waals surface area contributed by atoms with Crippen LogP contribution < -0.4 is 10.6 Å². The molecule has 0 saturated heterocycles. The van der Waals surface area contributed by atoms with Crippen LogP contribution in [0, 0.1) is 18.3 Å². The van der Waals surface area contributed by atoms with Gasteiger partial charge in [-0.2, -0.15) is 0 Å². The van der Waals surface area contributed by atoms with E-state index in [0.717, 1.165) is 0 Å². The Morgan fingerprint density at radius 3 is 2.93 bits per heavy atom. The lowest BCUT2D eigenvalue weighted by atomic mass is 10.1. The molecule has 1 unspecified atom stereocenters. The molecule has 0 aromatic heterocycles. The van der Waals surface area contributed by atoms with Gasteiger partial charge in [-0.05, 0) is 12.3 Å². The number of aliphatic hydroxyl groups is 1. The van der Waals surface area contributed by atoms with Crippen LogP contribution in [0.25, 0.3) is 0 Å². The van der Waals surface area contributed by atoms with E-state index in [2.05, 4.69) is 16.6 Å². The summed E-state index contributed by atoms with van der Waals surface area (Å²) in [6, 6.07) is 0. The Morgan fingerprint density at radius 2 is 2.36 bits per heavy atom. The SMILES string of the molecule is C#CCNCC(=O)NCC(C)CCO. The second kappa shape index (κ2) is 8.54. The third-order valence-electron chi connectivity index (χ3n) is 1.78. The molecule has 0 fully saturated rings. The average molecular weight is 198 g/mol. The third-order valence-corrected chi connectivity index (χ3v) is 1.78. The van der Waals surface area contributed by atoms with Crippen molar-refractivity contribution in [1.82, 2.24) is 10.6 Å². The highest BCUT2D eigenvalue weighted by Gasteiger charge is 2.03. The first-order valence-corrected chi connectivity index (χ1v) is 4.72. The van der Waals surface area contributed by atoms with E-state index in [1.54, 1.807) is 0 Å². The summed E-state index contributed by atoms with van der Waals surface area (Å²) in [5.41, 5.74) is 0. The highest BCUT2D eigenvalue weighted by molar-refractivity contribution is 5.77. The van der Waals surface area contributed by atoms with E-state index in [0.29, 0.717) is 25.4 Å². The van der Waals surface area contributed by atoms with Crippen LogP contribution in [0.15, 0.2) is 0 Å². The summed E-state index contributed by atoms with van der Waals surface area (Å²) < 4.78 is 0. The molecular weight excluding hydrogens is 180 g/mol. The highest BCUT2D eigenvalue weighted by atomic mass is 16.3. The fourth-order valence-electron chi connectivity index (χ4n) is 0.921. The van der Waals surface area contributed by atoms with Gasteiger partial charge in [0.2, 0.25) is 5.91 Å². The molecule has 0 radical (unpaired) electrons. The minimum absolute atomic E-state index is 0.0648. The zero-order valence-corrected chi connectivity index (χ0v) is 8.55. The van der Waals surface area contributed by atoms with Crippen LogP contribution in [-0.2, 0) is 4.79 Å².